The van der Waals surface area contributed by atoms with E-state index in [1.54, 1.807) is 43.5 Å². The molecule has 182 valence electrons. The van der Waals surface area contributed by atoms with Crippen LogP contribution in [-0.2, 0) is 16.6 Å². The molecule has 0 atom stereocenters. The summed E-state index contributed by atoms with van der Waals surface area (Å²) in [5, 5.41) is 11.8. The van der Waals surface area contributed by atoms with Gasteiger partial charge < -0.3 is 14.0 Å². The predicted molar refractivity (Wildman–Crippen MR) is 131 cm³/mol. The van der Waals surface area contributed by atoms with Crippen molar-refractivity contribution in [3.63, 3.8) is 0 Å². The molecule has 10 nitrogen and oxygen atoms in total. The van der Waals surface area contributed by atoms with E-state index < -0.39 is 14.9 Å². The van der Waals surface area contributed by atoms with Crippen LogP contribution in [0.1, 0.15) is 6.92 Å². The second-order valence-corrected chi connectivity index (χ2v) is 9.99. The van der Waals surface area contributed by atoms with Gasteiger partial charge in [0.25, 0.3) is 0 Å². The molecule has 0 spiro atoms. The molecule has 0 aliphatic carbocycles. The second kappa shape index (κ2) is 9.35. The van der Waals surface area contributed by atoms with Crippen molar-refractivity contribution in [1.29, 1.82) is 0 Å². The molecule has 0 bridgehead atoms. The zero-order valence-corrected chi connectivity index (χ0v) is 20.4. The van der Waals surface area contributed by atoms with Gasteiger partial charge in [0.05, 0.1) is 28.0 Å². The van der Waals surface area contributed by atoms with E-state index in [-0.39, 0.29) is 16.3 Å². The molecule has 0 amide bonds. The largest absolute Gasteiger partial charge is 0.497 e. The summed E-state index contributed by atoms with van der Waals surface area (Å²) in [5.41, 5.74) is 1.49. The summed E-state index contributed by atoms with van der Waals surface area (Å²) < 4.78 is 39.0. The normalized spacial score (nSPS) is 11.7. The Bertz CT molecular complexity index is 1510. The lowest BCUT2D eigenvalue weighted by atomic mass is 10.1. The number of hydrogen-bond donors (Lipinski definition) is 0. The van der Waals surface area contributed by atoms with Gasteiger partial charge in [-0.15, -0.1) is 0 Å². The molecule has 11 heteroatoms. The number of hydrogen-bond acceptors (Lipinski definition) is 7. The van der Waals surface area contributed by atoms with Crippen molar-refractivity contribution in [2.45, 2.75) is 18.4 Å². The third-order valence-corrected chi connectivity index (χ3v) is 7.33. The van der Waals surface area contributed by atoms with Gasteiger partial charge in [-0.1, -0.05) is 0 Å². The maximum atomic E-state index is 12.5. The molecule has 0 unspecified atom stereocenters. The van der Waals surface area contributed by atoms with Crippen LogP contribution in [0.4, 0.5) is 5.69 Å². The molecule has 0 radical (unpaired) electrons. The third-order valence-electron chi connectivity index (χ3n) is 5.52. The maximum absolute atomic E-state index is 12.5. The fourth-order valence-corrected chi connectivity index (χ4v) is 4.60. The van der Waals surface area contributed by atoms with Crippen LogP contribution in [0.15, 0.2) is 65.6 Å². The first-order valence-electron chi connectivity index (χ1n) is 10.7. The van der Waals surface area contributed by atoms with Crippen LogP contribution in [0.5, 0.6) is 17.2 Å². The molecule has 0 aliphatic rings. The molecule has 4 rings (SSSR count). The molecule has 1 aromatic heterocycles. The summed E-state index contributed by atoms with van der Waals surface area (Å²) in [6.45, 7) is 2.45. The van der Waals surface area contributed by atoms with Gasteiger partial charge in [-0.25, -0.2) is 17.7 Å². The van der Waals surface area contributed by atoms with Crippen LogP contribution < -0.4 is 9.47 Å². The first-order chi connectivity index (χ1) is 16.6. The number of imidazole rings is 1. The van der Waals surface area contributed by atoms with Crippen LogP contribution in [-0.4, -0.2) is 48.4 Å². The summed E-state index contributed by atoms with van der Waals surface area (Å²) in [5.74, 6) is 1.64. The lowest BCUT2D eigenvalue weighted by Gasteiger charge is -2.11. The standard InChI is InChI=1S/C24H24N4O6S/c1-5-27-21-12-11-19(35(31,32)26(2)3)15-20(21)25-24(27)16-6-13-23(22(14-16)28(29)30)34-18-9-7-17(33-4)8-10-18/h6-15H,5H2,1-4H3. The van der Waals surface area contributed by atoms with Crippen LogP contribution in [0.2, 0.25) is 0 Å². The Kier molecular flexibility index (Phi) is 6.46. The molecule has 35 heavy (non-hydrogen) atoms. The van der Waals surface area contributed by atoms with E-state index in [1.165, 1.54) is 38.4 Å². The minimum absolute atomic E-state index is 0.0856. The van der Waals surface area contributed by atoms with Crippen molar-refractivity contribution in [2.75, 3.05) is 21.2 Å². The van der Waals surface area contributed by atoms with Crippen molar-refractivity contribution in [2.24, 2.45) is 0 Å². The summed E-state index contributed by atoms with van der Waals surface area (Å²) in [7, 11) is 0.841. The molecule has 1 heterocycles. The monoisotopic (exact) mass is 496 g/mol. The lowest BCUT2D eigenvalue weighted by molar-refractivity contribution is -0.385. The minimum atomic E-state index is -3.63. The number of rotatable bonds is 8. The van der Waals surface area contributed by atoms with Gasteiger partial charge >= 0.3 is 5.69 Å². The average molecular weight is 497 g/mol. The Labute approximate surface area is 202 Å². The number of nitro benzene ring substituents is 1. The highest BCUT2D eigenvalue weighted by atomic mass is 32.2. The number of aromatic nitrogens is 2. The molecule has 4 aromatic rings. The Morgan fingerprint density at radius 2 is 1.71 bits per heavy atom. The summed E-state index contributed by atoms with van der Waals surface area (Å²) in [4.78, 5) is 16.1. The smallest absolute Gasteiger partial charge is 0.312 e. The molecular weight excluding hydrogens is 472 g/mol. The van der Waals surface area contributed by atoms with Crippen LogP contribution in [0, 0.1) is 10.1 Å². The van der Waals surface area contributed by atoms with Gasteiger partial charge in [0.2, 0.25) is 15.8 Å². The van der Waals surface area contributed by atoms with E-state index in [4.69, 9.17) is 9.47 Å². The SMILES string of the molecule is CCn1c(-c2ccc(Oc3ccc(OC)cc3)c([N+](=O)[O-])c2)nc2cc(S(=O)(=O)N(C)C)ccc21. The Morgan fingerprint density at radius 3 is 2.31 bits per heavy atom. The van der Waals surface area contributed by atoms with Crippen molar-refractivity contribution >= 4 is 26.7 Å². The van der Waals surface area contributed by atoms with Crippen molar-refractivity contribution < 1.29 is 22.8 Å². The van der Waals surface area contributed by atoms with E-state index >= 15 is 0 Å². The molecule has 0 fully saturated rings. The van der Waals surface area contributed by atoms with E-state index in [0.717, 1.165) is 9.82 Å². The minimum Gasteiger partial charge on any atom is -0.497 e. The van der Waals surface area contributed by atoms with Crippen LogP contribution in [0.25, 0.3) is 22.4 Å². The highest BCUT2D eigenvalue weighted by molar-refractivity contribution is 7.89. The van der Waals surface area contributed by atoms with E-state index in [2.05, 4.69) is 4.98 Å². The van der Waals surface area contributed by atoms with Crippen molar-refractivity contribution in [3.05, 3.63) is 70.8 Å². The van der Waals surface area contributed by atoms with Crippen LogP contribution in [0.3, 0.4) is 0 Å². The van der Waals surface area contributed by atoms with Crippen molar-refractivity contribution in [1.82, 2.24) is 13.9 Å². The highest BCUT2D eigenvalue weighted by Crippen LogP contribution is 2.36. The van der Waals surface area contributed by atoms with Crippen LogP contribution >= 0.6 is 0 Å². The molecule has 0 saturated carbocycles. The second-order valence-electron chi connectivity index (χ2n) is 7.83. The fourth-order valence-electron chi connectivity index (χ4n) is 3.68. The summed E-state index contributed by atoms with van der Waals surface area (Å²) in [6, 6.07) is 16.1. The topological polar surface area (TPSA) is 117 Å². The first-order valence-corrected chi connectivity index (χ1v) is 12.1. The zero-order chi connectivity index (χ0) is 25.3. The van der Waals surface area contributed by atoms with Gasteiger partial charge in [-0.05, 0) is 61.5 Å². The number of nitro groups is 1. The zero-order valence-electron chi connectivity index (χ0n) is 19.6. The third kappa shape index (κ3) is 4.55. The number of ether oxygens (including phenoxy) is 2. The van der Waals surface area contributed by atoms with E-state index in [9.17, 15) is 18.5 Å². The average Bonchev–Trinajstić information content (AvgIpc) is 3.22. The Morgan fingerprint density at radius 1 is 1.03 bits per heavy atom. The number of nitrogens with zero attached hydrogens (tertiary/aromatic N) is 4. The molecule has 3 aromatic carbocycles. The Balaban J connectivity index is 1.78. The maximum Gasteiger partial charge on any atom is 0.312 e. The number of methoxy groups -OCH3 is 1. The molecule has 0 saturated heterocycles. The van der Waals surface area contributed by atoms with E-state index in [0.29, 0.717) is 34.9 Å². The van der Waals surface area contributed by atoms with Gasteiger partial charge in [-0.3, -0.25) is 10.1 Å². The van der Waals surface area contributed by atoms with Gasteiger partial charge in [0.15, 0.2) is 0 Å². The molecule has 0 N–H and O–H groups in total. The van der Waals surface area contributed by atoms with E-state index in [1.807, 2.05) is 11.5 Å². The van der Waals surface area contributed by atoms with Gasteiger partial charge in [0, 0.05) is 32.3 Å². The molecule has 0 aliphatic heterocycles. The summed E-state index contributed by atoms with van der Waals surface area (Å²) >= 11 is 0. The lowest BCUT2D eigenvalue weighted by Crippen LogP contribution is -2.22. The summed E-state index contributed by atoms with van der Waals surface area (Å²) in [6.07, 6.45) is 0. The molecular formula is C24H24N4O6S. The number of sulfonamides is 1. The van der Waals surface area contributed by atoms with Gasteiger partial charge in [-0.2, -0.15) is 0 Å². The number of benzene rings is 3. The highest BCUT2D eigenvalue weighted by Gasteiger charge is 2.22. The quantitative estimate of drug-likeness (QED) is 0.257. The predicted octanol–water partition coefficient (Wildman–Crippen LogP) is 4.68. The first kappa shape index (κ1) is 24.2. The number of aryl methyl sites for hydroxylation is 1. The number of fused-ring (bicyclic) bond motifs is 1. The fraction of sp³-hybridized carbons (Fsp3) is 0.208. The van der Waals surface area contributed by atoms with Gasteiger partial charge in [0.1, 0.15) is 17.3 Å². The Hall–Kier alpha value is -3.96. The van der Waals surface area contributed by atoms with Crippen molar-refractivity contribution in [3.8, 4) is 28.6 Å².